The third-order valence-corrected chi connectivity index (χ3v) is 3.49. The van der Waals surface area contributed by atoms with Crippen LogP contribution in [-0.2, 0) is 9.53 Å². The van der Waals surface area contributed by atoms with E-state index in [1.807, 2.05) is 0 Å². The van der Waals surface area contributed by atoms with Gasteiger partial charge >= 0.3 is 12.0 Å². The Kier molecular flexibility index (Phi) is 6.62. The fourth-order valence-electron chi connectivity index (χ4n) is 2.32. The van der Waals surface area contributed by atoms with E-state index in [0.29, 0.717) is 25.7 Å². The molecule has 0 aromatic carbocycles. The molecule has 6 nitrogen and oxygen atoms in total. The van der Waals surface area contributed by atoms with Gasteiger partial charge < -0.3 is 20.1 Å². The first-order chi connectivity index (χ1) is 9.06. The van der Waals surface area contributed by atoms with Crippen LogP contribution in [0.15, 0.2) is 0 Å². The number of hydrogen-bond donors (Lipinski definition) is 2. The second-order valence-corrected chi connectivity index (χ2v) is 4.88. The predicted octanol–water partition coefficient (Wildman–Crippen LogP) is 1.45. The number of carbonyl (C=O) groups excluding carboxylic acids is 1. The van der Waals surface area contributed by atoms with Crippen LogP contribution in [0, 0.1) is 0 Å². The zero-order chi connectivity index (χ0) is 14.3. The molecule has 0 radical (unpaired) electrons. The number of carboxylic acid groups (broad SMARTS) is 1. The van der Waals surface area contributed by atoms with Gasteiger partial charge in [0.15, 0.2) is 0 Å². The van der Waals surface area contributed by atoms with Gasteiger partial charge in [-0.3, -0.25) is 0 Å². The molecule has 1 unspecified atom stereocenters. The summed E-state index contributed by atoms with van der Waals surface area (Å²) in [6.07, 6.45) is 5.36. The number of nitrogens with one attached hydrogen (secondary N) is 1. The fourth-order valence-corrected chi connectivity index (χ4v) is 2.32. The molecule has 110 valence electrons. The van der Waals surface area contributed by atoms with E-state index in [9.17, 15) is 9.59 Å². The van der Waals surface area contributed by atoms with Crippen LogP contribution in [-0.4, -0.2) is 54.4 Å². The zero-order valence-corrected chi connectivity index (χ0v) is 11.7. The Bertz CT molecular complexity index is 303. The van der Waals surface area contributed by atoms with E-state index in [-0.39, 0.29) is 6.03 Å². The average Bonchev–Trinajstić information content (AvgIpc) is 2.87. The second kappa shape index (κ2) is 7.99. The van der Waals surface area contributed by atoms with Crippen LogP contribution in [0.25, 0.3) is 0 Å². The molecular formula is C13H24N2O4. The highest BCUT2D eigenvalue weighted by atomic mass is 16.5. The lowest BCUT2D eigenvalue weighted by molar-refractivity contribution is -0.141. The number of ether oxygens (including phenoxy) is 1. The molecule has 6 heteroatoms. The molecule has 0 saturated heterocycles. The van der Waals surface area contributed by atoms with Crippen molar-refractivity contribution in [3.8, 4) is 0 Å². The standard InChI is InChI=1S/C13H24N2O4/c1-3-11(12(16)17)15(2)13(18)14-8-9-19-10-6-4-5-7-10/h10-11H,3-9H2,1-2H3,(H,14,18)(H,16,17). The van der Waals surface area contributed by atoms with Crippen LogP contribution in [0.4, 0.5) is 4.79 Å². The minimum atomic E-state index is -0.984. The summed E-state index contributed by atoms with van der Waals surface area (Å²) >= 11 is 0. The van der Waals surface area contributed by atoms with E-state index >= 15 is 0 Å². The number of aliphatic carboxylic acids is 1. The summed E-state index contributed by atoms with van der Waals surface area (Å²) in [5.74, 6) is -0.984. The normalized spacial score (nSPS) is 17.2. The van der Waals surface area contributed by atoms with Crippen LogP contribution in [0.1, 0.15) is 39.0 Å². The van der Waals surface area contributed by atoms with Crippen LogP contribution >= 0.6 is 0 Å². The number of carbonyl (C=O) groups is 2. The first kappa shape index (κ1) is 15.8. The van der Waals surface area contributed by atoms with Gasteiger partial charge in [-0.2, -0.15) is 0 Å². The Morgan fingerprint density at radius 2 is 2.05 bits per heavy atom. The molecule has 0 bridgehead atoms. The Hall–Kier alpha value is -1.30. The van der Waals surface area contributed by atoms with Gasteiger partial charge in [-0.05, 0) is 19.3 Å². The first-order valence-electron chi connectivity index (χ1n) is 6.91. The Labute approximate surface area is 114 Å². The van der Waals surface area contributed by atoms with Gasteiger partial charge in [-0.25, -0.2) is 9.59 Å². The highest BCUT2D eigenvalue weighted by Gasteiger charge is 2.24. The van der Waals surface area contributed by atoms with E-state index in [1.54, 1.807) is 6.92 Å². The molecule has 1 saturated carbocycles. The monoisotopic (exact) mass is 272 g/mol. The van der Waals surface area contributed by atoms with E-state index in [1.165, 1.54) is 24.8 Å². The van der Waals surface area contributed by atoms with Crippen LogP contribution in [0.3, 0.4) is 0 Å². The number of carboxylic acids is 1. The number of likely N-dealkylation sites (N-methyl/N-ethyl adjacent to an activating group) is 1. The van der Waals surface area contributed by atoms with Gasteiger partial charge in [-0.15, -0.1) is 0 Å². The third-order valence-electron chi connectivity index (χ3n) is 3.49. The van der Waals surface area contributed by atoms with Crippen LogP contribution in [0.2, 0.25) is 0 Å². The quantitative estimate of drug-likeness (QED) is 0.688. The summed E-state index contributed by atoms with van der Waals surface area (Å²) < 4.78 is 5.62. The summed E-state index contributed by atoms with van der Waals surface area (Å²) in [5, 5.41) is 11.6. The Balaban J connectivity index is 2.20. The molecule has 2 amide bonds. The van der Waals surface area contributed by atoms with Gasteiger partial charge in [0, 0.05) is 13.6 Å². The lowest BCUT2D eigenvalue weighted by atomic mass is 10.2. The van der Waals surface area contributed by atoms with Gasteiger partial charge in [-0.1, -0.05) is 19.8 Å². The maximum Gasteiger partial charge on any atom is 0.326 e. The third kappa shape index (κ3) is 5.06. The maximum absolute atomic E-state index is 11.7. The van der Waals surface area contributed by atoms with Gasteiger partial charge in [0.25, 0.3) is 0 Å². The minimum absolute atomic E-state index is 0.331. The summed E-state index contributed by atoms with van der Waals surface area (Å²) in [6, 6.07) is -1.15. The molecule has 0 aromatic rings. The molecule has 1 aliphatic carbocycles. The topological polar surface area (TPSA) is 78.9 Å². The van der Waals surface area contributed by atoms with Crippen molar-refractivity contribution < 1.29 is 19.4 Å². The van der Waals surface area contributed by atoms with Crippen molar-refractivity contribution in [2.45, 2.75) is 51.2 Å². The van der Waals surface area contributed by atoms with Crippen LogP contribution in [0.5, 0.6) is 0 Å². The second-order valence-electron chi connectivity index (χ2n) is 4.88. The molecule has 1 fully saturated rings. The number of rotatable bonds is 7. The highest BCUT2D eigenvalue weighted by molar-refractivity contribution is 5.82. The molecule has 2 N–H and O–H groups in total. The van der Waals surface area contributed by atoms with Crippen LogP contribution < -0.4 is 5.32 Å². The molecule has 0 heterocycles. The highest BCUT2D eigenvalue weighted by Crippen LogP contribution is 2.20. The lowest BCUT2D eigenvalue weighted by Gasteiger charge is -2.24. The van der Waals surface area contributed by atoms with Crippen molar-refractivity contribution in [1.29, 1.82) is 0 Å². The molecule has 1 aliphatic rings. The zero-order valence-electron chi connectivity index (χ0n) is 11.7. The van der Waals surface area contributed by atoms with Crippen molar-refractivity contribution >= 4 is 12.0 Å². The van der Waals surface area contributed by atoms with E-state index in [4.69, 9.17) is 9.84 Å². The van der Waals surface area contributed by atoms with E-state index in [0.717, 1.165) is 12.8 Å². The van der Waals surface area contributed by atoms with Gasteiger partial charge in [0.05, 0.1) is 12.7 Å². The number of amides is 2. The largest absolute Gasteiger partial charge is 0.480 e. The molecule has 0 aliphatic heterocycles. The molecule has 1 rings (SSSR count). The van der Waals surface area contributed by atoms with Crippen molar-refractivity contribution in [3.05, 3.63) is 0 Å². The lowest BCUT2D eigenvalue weighted by Crippen LogP contribution is -2.47. The Morgan fingerprint density at radius 3 is 2.58 bits per heavy atom. The Morgan fingerprint density at radius 1 is 1.42 bits per heavy atom. The molecule has 1 atom stereocenters. The SMILES string of the molecule is CCC(C(=O)O)N(C)C(=O)NCCOC1CCCC1. The average molecular weight is 272 g/mol. The van der Waals surface area contributed by atoms with Gasteiger partial charge in [0.1, 0.15) is 6.04 Å². The predicted molar refractivity (Wildman–Crippen MR) is 71.1 cm³/mol. The molecule has 0 spiro atoms. The number of urea groups is 1. The van der Waals surface area contributed by atoms with Crippen molar-refractivity contribution in [2.75, 3.05) is 20.2 Å². The van der Waals surface area contributed by atoms with E-state index < -0.39 is 12.0 Å². The number of hydrogen-bond acceptors (Lipinski definition) is 3. The summed E-state index contributed by atoms with van der Waals surface area (Å²) in [5.41, 5.74) is 0. The molecular weight excluding hydrogens is 248 g/mol. The fraction of sp³-hybridized carbons (Fsp3) is 0.846. The minimum Gasteiger partial charge on any atom is -0.480 e. The van der Waals surface area contributed by atoms with Crippen molar-refractivity contribution in [2.24, 2.45) is 0 Å². The summed E-state index contributed by atoms with van der Waals surface area (Å²) in [7, 11) is 1.50. The van der Waals surface area contributed by atoms with E-state index in [2.05, 4.69) is 5.32 Å². The van der Waals surface area contributed by atoms with Crippen molar-refractivity contribution in [1.82, 2.24) is 10.2 Å². The van der Waals surface area contributed by atoms with Crippen molar-refractivity contribution in [3.63, 3.8) is 0 Å². The molecule has 19 heavy (non-hydrogen) atoms. The summed E-state index contributed by atoms with van der Waals surface area (Å²) in [4.78, 5) is 23.9. The smallest absolute Gasteiger partial charge is 0.326 e. The van der Waals surface area contributed by atoms with Gasteiger partial charge in [0.2, 0.25) is 0 Å². The number of nitrogens with zero attached hydrogens (tertiary/aromatic N) is 1. The summed E-state index contributed by atoms with van der Waals surface area (Å²) in [6.45, 7) is 2.63. The molecule has 0 aromatic heterocycles. The maximum atomic E-state index is 11.7. The first-order valence-corrected chi connectivity index (χ1v) is 6.91.